The van der Waals surface area contributed by atoms with Gasteiger partial charge in [0.25, 0.3) is 0 Å². The molecule has 3 rings (SSSR count). The van der Waals surface area contributed by atoms with Crippen molar-refractivity contribution in [1.82, 2.24) is 14.5 Å². The summed E-state index contributed by atoms with van der Waals surface area (Å²) in [5.74, 6) is 0.0104. The van der Waals surface area contributed by atoms with Crippen molar-refractivity contribution < 1.29 is 17.9 Å². The van der Waals surface area contributed by atoms with Gasteiger partial charge in [0.05, 0.1) is 17.5 Å². The summed E-state index contributed by atoms with van der Waals surface area (Å²) in [6.07, 6.45) is 2.32. The van der Waals surface area contributed by atoms with Crippen LogP contribution in [0, 0.1) is 13.8 Å². The zero-order valence-corrected chi connectivity index (χ0v) is 18.2. The van der Waals surface area contributed by atoms with Crippen molar-refractivity contribution >= 4 is 28.3 Å². The van der Waals surface area contributed by atoms with Crippen LogP contribution in [0.1, 0.15) is 24.0 Å². The lowest BCUT2D eigenvalue weighted by atomic mass is 10.1. The number of hydrogen-bond acceptors (Lipinski definition) is 5. The summed E-state index contributed by atoms with van der Waals surface area (Å²) in [7, 11) is -3.52. The second-order valence-electron chi connectivity index (χ2n) is 7.30. The lowest BCUT2D eigenvalue weighted by molar-refractivity contribution is -0.131. The number of hydrogen-bond donors (Lipinski definition) is 1. The number of piperazine rings is 1. The van der Waals surface area contributed by atoms with E-state index in [2.05, 4.69) is 5.32 Å². The molecule has 0 spiro atoms. The first-order chi connectivity index (χ1) is 12.9. The molecular weight excluding hydrogens is 402 g/mol. The summed E-state index contributed by atoms with van der Waals surface area (Å²) < 4.78 is 32.7. The van der Waals surface area contributed by atoms with Crippen LogP contribution in [0.15, 0.2) is 23.1 Å². The minimum atomic E-state index is -3.52. The van der Waals surface area contributed by atoms with E-state index in [0.29, 0.717) is 37.6 Å². The second kappa shape index (κ2) is 10.0. The number of rotatable bonds is 6. The smallest absolute Gasteiger partial charge is 0.243 e. The lowest BCUT2D eigenvalue weighted by Crippen LogP contribution is -2.52. The summed E-state index contributed by atoms with van der Waals surface area (Å²) in [5, 5.41) is 3.16. The Bertz CT molecular complexity index is 773. The SMILES string of the molecule is Cc1ccc(S(=O)(=O)N2CCN(C(=O)CNCC3CCCO3)CC2)cc1C.Cl. The molecule has 1 amide bonds. The Balaban J connectivity index is 0.00000280. The molecule has 2 aliphatic rings. The largest absolute Gasteiger partial charge is 0.377 e. The van der Waals surface area contributed by atoms with Crippen molar-refractivity contribution in [3.63, 3.8) is 0 Å². The van der Waals surface area contributed by atoms with Crippen LogP contribution in [-0.4, -0.2) is 75.5 Å². The molecule has 7 nitrogen and oxygen atoms in total. The molecule has 0 saturated carbocycles. The van der Waals surface area contributed by atoms with E-state index in [1.54, 1.807) is 17.0 Å². The van der Waals surface area contributed by atoms with E-state index in [1.807, 2.05) is 19.9 Å². The molecule has 9 heteroatoms. The van der Waals surface area contributed by atoms with Crippen LogP contribution in [0.25, 0.3) is 0 Å². The van der Waals surface area contributed by atoms with Gasteiger partial charge in [0.15, 0.2) is 0 Å². The van der Waals surface area contributed by atoms with Gasteiger partial charge in [-0.2, -0.15) is 4.31 Å². The molecule has 0 aliphatic carbocycles. The van der Waals surface area contributed by atoms with Crippen LogP contribution >= 0.6 is 12.4 Å². The minimum absolute atomic E-state index is 0. The van der Waals surface area contributed by atoms with Gasteiger partial charge < -0.3 is 15.0 Å². The van der Waals surface area contributed by atoms with Crippen LogP contribution in [0.3, 0.4) is 0 Å². The molecule has 1 N–H and O–H groups in total. The number of carbonyl (C=O) groups is 1. The number of benzene rings is 1. The first-order valence-corrected chi connectivity index (χ1v) is 11.0. The van der Waals surface area contributed by atoms with E-state index in [9.17, 15) is 13.2 Å². The third-order valence-corrected chi connectivity index (χ3v) is 7.27. The summed E-state index contributed by atoms with van der Waals surface area (Å²) in [4.78, 5) is 14.4. The lowest BCUT2D eigenvalue weighted by Gasteiger charge is -2.34. The molecule has 2 heterocycles. The number of aryl methyl sites for hydroxylation is 2. The van der Waals surface area contributed by atoms with Crippen LogP contribution in [0.4, 0.5) is 0 Å². The summed E-state index contributed by atoms with van der Waals surface area (Å²) in [5.41, 5.74) is 2.03. The van der Waals surface area contributed by atoms with Gasteiger partial charge in [-0.1, -0.05) is 6.07 Å². The van der Waals surface area contributed by atoms with Crippen molar-refractivity contribution in [1.29, 1.82) is 0 Å². The number of nitrogens with zero attached hydrogens (tertiary/aromatic N) is 2. The Morgan fingerprint density at radius 1 is 1.18 bits per heavy atom. The molecule has 0 radical (unpaired) electrons. The second-order valence-corrected chi connectivity index (χ2v) is 9.23. The van der Waals surface area contributed by atoms with Crippen molar-refractivity contribution in [2.45, 2.75) is 37.7 Å². The van der Waals surface area contributed by atoms with Crippen molar-refractivity contribution in [2.24, 2.45) is 0 Å². The third kappa shape index (κ3) is 5.45. The highest BCUT2D eigenvalue weighted by molar-refractivity contribution is 7.89. The van der Waals surface area contributed by atoms with Crippen LogP contribution in [0.5, 0.6) is 0 Å². The molecule has 1 aromatic rings. The molecule has 2 saturated heterocycles. The number of ether oxygens (including phenoxy) is 1. The zero-order valence-electron chi connectivity index (χ0n) is 16.5. The van der Waals surface area contributed by atoms with Gasteiger partial charge in [0.2, 0.25) is 15.9 Å². The Morgan fingerprint density at radius 3 is 2.50 bits per heavy atom. The van der Waals surface area contributed by atoms with Crippen molar-refractivity contribution in [3.05, 3.63) is 29.3 Å². The number of carbonyl (C=O) groups excluding carboxylic acids is 1. The zero-order chi connectivity index (χ0) is 19.4. The molecular formula is C19H30ClN3O4S. The Labute approximate surface area is 173 Å². The Hall–Kier alpha value is -1.19. The predicted octanol–water partition coefficient (Wildman–Crippen LogP) is 1.33. The van der Waals surface area contributed by atoms with E-state index < -0.39 is 10.0 Å². The number of sulfonamides is 1. The molecule has 1 aromatic carbocycles. The fourth-order valence-corrected chi connectivity index (χ4v) is 4.97. The van der Waals surface area contributed by atoms with Crippen molar-refractivity contribution in [3.8, 4) is 0 Å². The van der Waals surface area contributed by atoms with E-state index in [1.165, 1.54) is 4.31 Å². The monoisotopic (exact) mass is 431 g/mol. The van der Waals surface area contributed by atoms with Gasteiger partial charge in [-0.25, -0.2) is 8.42 Å². The van der Waals surface area contributed by atoms with Gasteiger partial charge in [-0.3, -0.25) is 4.79 Å². The fraction of sp³-hybridized carbons (Fsp3) is 0.632. The first-order valence-electron chi connectivity index (χ1n) is 9.55. The van der Waals surface area contributed by atoms with Crippen LogP contribution in [0.2, 0.25) is 0 Å². The number of amides is 1. The predicted molar refractivity (Wildman–Crippen MR) is 110 cm³/mol. The highest BCUT2D eigenvalue weighted by Gasteiger charge is 2.30. The minimum Gasteiger partial charge on any atom is -0.377 e. The highest BCUT2D eigenvalue weighted by atomic mass is 35.5. The maximum Gasteiger partial charge on any atom is 0.243 e. The van der Waals surface area contributed by atoms with E-state index in [-0.39, 0.29) is 31.0 Å². The van der Waals surface area contributed by atoms with Gasteiger partial charge in [0.1, 0.15) is 0 Å². The van der Waals surface area contributed by atoms with E-state index in [0.717, 1.165) is 30.6 Å². The summed E-state index contributed by atoms with van der Waals surface area (Å²) in [6.45, 7) is 7.12. The van der Waals surface area contributed by atoms with Crippen LogP contribution in [-0.2, 0) is 19.6 Å². The van der Waals surface area contributed by atoms with Gasteiger partial charge >= 0.3 is 0 Å². The molecule has 2 fully saturated rings. The van der Waals surface area contributed by atoms with Gasteiger partial charge in [-0.15, -0.1) is 12.4 Å². The molecule has 1 unspecified atom stereocenters. The molecule has 28 heavy (non-hydrogen) atoms. The standard InChI is InChI=1S/C19H29N3O4S.ClH/c1-15-5-6-18(12-16(15)2)27(24,25)22-9-7-21(8-10-22)19(23)14-20-13-17-4-3-11-26-17;/h5-6,12,17,20H,3-4,7-11,13-14H2,1-2H3;1H. The molecule has 0 bridgehead atoms. The Kier molecular flexibility index (Phi) is 8.27. The topological polar surface area (TPSA) is 79.0 Å². The normalized spacial score (nSPS) is 20.8. The first kappa shape index (κ1) is 23.1. The maximum absolute atomic E-state index is 12.8. The average molecular weight is 432 g/mol. The molecule has 0 aromatic heterocycles. The molecule has 1 atom stereocenters. The van der Waals surface area contributed by atoms with Crippen LogP contribution < -0.4 is 5.32 Å². The third-order valence-electron chi connectivity index (χ3n) is 5.38. The quantitative estimate of drug-likeness (QED) is 0.735. The molecule has 158 valence electrons. The number of nitrogens with one attached hydrogen (secondary N) is 1. The fourth-order valence-electron chi connectivity index (χ4n) is 3.46. The summed E-state index contributed by atoms with van der Waals surface area (Å²) in [6, 6.07) is 5.21. The van der Waals surface area contributed by atoms with E-state index in [4.69, 9.17) is 4.74 Å². The maximum atomic E-state index is 12.8. The van der Waals surface area contributed by atoms with Gasteiger partial charge in [0, 0.05) is 39.3 Å². The molecule has 2 aliphatic heterocycles. The van der Waals surface area contributed by atoms with E-state index >= 15 is 0 Å². The number of halogens is 1. The average Bonchev–Trinajstić information content (AvgIpc) is 3.17. The Morgan fingerprint density at radius 2 is 1.89 bits per heavy atom. The van der Waals surface area contributed by atoms with Crippen molar-refractivity contribution in [2.75, 3.05) is 45.9 Å². The van der Waals surface area contributed by atoms with Gasteiger partial charge in [-0.05, 0) is 49.9 Å². The summed E-state index contributed by atoms with van der Waals surface area (Å²) >= 11 is 0. The highest BCUT2D eigenvalue weighted by Crippen LogP contribution is 2.20.